The van der Waals surface area contributed by atoms with Crippen molar-refractivity contribution in [2.75, 3.05) is 0 Å². The van der Waals surface area contributed by atoms with Crippen molar-refractivity contribution in [2.45, 2.75) is 26.8 Å². The number of nitrogens with zero attached hydrogens (tertiary/aromatic N) is 3. The lowest BCUT2D eigenvalue weighted by Crippen LogP contribution is -2.19. The standard InChI is InChI=1S/C23H22N4O/c1-16-11-12-18-7-3-4-8-19(18)20(16)15-24-26-23(28)13-14-27-17(2)25-21-9-5-6-10-22(21)27/h3-12,15H,13-14H2,1-2H3,(H,26,28)/b24-15+. The minimum absolute atomic E-state index is 0.119. The summed E-state index contributed by atoms with van der Waals surface area (Å²) in [5.74, 6) is 0.787. The Morgan fingerprint density at radius 2 is 1.86 bits per heavy atom. The first-order chi connectivity index (χ1) is 13.6. The first-order valence-electron chi connectivity index (χ1n) is 9.35. The molecular formula is C23H22N4O. The molecule has 0 fully saturated rings. The zero-order valence-electron chi connectivity index (χ0n) is 16.0. The average molecular weight is 370 g/mol. The Bertz CT molecular complexity index is 1190. The van der Waals surface area contributed by atoms with Crippen molar-refractivity contribution in [1.29, 1.82) is 0 Å². The predicted octanol–water partition coefficient (Wildman–Crippen LogP) is 4.35. The molecule has 0 spiro atoms. The number of aryl methyl sites for hydroxylation is 3. The van der Waals surface area contributed by atoms with Crippen LogP contribution in [-0.4, -0.2) is 21.7 Å². The van der Waals surface area contributed by atoms with E-state index in [0.29, 0.717) is 13.0 Å². The van der Waals surface area contributed by atoms with Gasteiger partial charge in [0.25, 0.3) is 0 Å². The van der Waals surface area contributed by atoms with Gasteiger partial charge in [-0.2, -0.15) is 5.10 Å². The summed E-state index contributed by atoms with van der Waals surface area (Å²) in [6, 6.07) is 20.3. The molecule has 28 heavy (non-hydrogen) atoms. The first-order valence-corrected chi connectivity index (χ1v) is 9.35. The molecule has 0 saturated carbocycles. The molecule has 5 nitrogen and oxygen atoms in total. The molecule has 0 aliphatic rings. The highest BCUT2D eigenvalue weighted by atomic mass is 16.2. The minimum Gasteiger partial charge on any atom is -0.328 e. The minimum atomic E-state index is -0.119. The second-order valence-electron chi connectivity index (χ2n) is 6.86. The Balaban J connectivity index is 1.44. The van der Waals surface area contributed by atoms with E-state index in [1.54, 1.807) is 6.21 Å². The molecule has 0 radical (unpaired) electrons. The lowest BCUT2D eigenvalue weighted by Gasteiger charge is -2.07. The van der Waals surface area contributed by atoms with Gasteiger partial charge in [0.1, 0.15) is 5.82 Å². The number of hydrogen-bond acceptors (Lipinski definition) is 3. The van der Waals surface area contributed by atoms with Crippen LogP contribution in [0.1, 0.15) is 23.4 Å². The molecule has 0 bridgehead atoms. The molecule has 1 heterocycles. The Morgan fingerprint density at radius 1 is 1.07 bits per heavy atom. The van der Waals surface area contributed by atoms with Gasteiger partial charge in [-0.1, -0.05) is 48.5 Å². The Kier molecular flexibility index (Phi) is 4.89. The van der Waals surface area contributed by atoms with Crippen LogP contribution in [0.4, 0.5) is 0 Å². The molecule has 4 rings (SSSR count). The Labute approximate surface area is 163 Å². The molecule has 1 aromatic heterocycles. The van der Waals surface area contributed by atoms with Gasteiger partial charge in [-0.3, -0.25) is 4.79 Å². The molecule has 1 amide bonds. The van der Waals surface area contributed by atoms with E-state index in [9.17, 15) is 4.79 Å². The quantitative estimate of drug-likeness (QED) is 0.419. The van der Waals surface area contributed by atoms with Crippen LogP contribution in [0.2, 0.25) is 0 Å². The third kappa shape index (κ3) is 3.51. The zero-order valence-corrected chi connectivity index (χ0v) is 16.0. The smallest absolute Gasteiger partial charge is 0.241 e. The highest BCUT2D eigenvalue weighted by molar-refractivity contribution is 6.01. The molecule has 0 aliphatic heterocycles. The van der Waals surface area contributed by atoms with Crippen LogP contribution in [0.3, 0.4) is 0 Å². The number of rotatable bonds is 5. The second-order valence-corrected chi connectivity index (χ2v) is 6.86. The number of carbonyl (C=O) groups excluding carboxylic acids is 1. The Hall–Kier alpha value is -3.47. The van der Waals surface area contributed by atoms with Crippen molar-refractivity contribution >= 4 is 33.9 Å². The number of hydrazone groups is 1. The maximum absolute atomic E-state index is 12.3. The monoisotopic (exact) mass is 370 g/mol. The normalized spacial score (nSPS) is 11.5. The van der Waals surface area contributed by atoms with Gasteiger partial charge in [0, 0.05) is 18.5 Å². The van der Waals surface area contributed by atoms with E-state index < -0.39 is 0 Å². The molecule has 140 valence electrons. The fourth-order valence-electron chi connectivity index (χ4n) is 3.49. The molecule has 0 atom stereocenters. The highest BCUT2D eigenvalue weighted by Crippen LogP contribution is 2.20. The summed E-state index contributed by atoms with van der Waals surface area (Å²) in [5, 5.41) is 6.47. The lowest BCUT2D eigenvalue weighted by molar-refractivity contribution is -0.121. The summed E-state index contributed by atoms with van der Waals surface area (Å²) in [4.78, 5) is 16.8. The van der Waals surface area contributed by atoms with Crippen LogP contribution >= 0.6 is 0 Å². The van der Waals surface area contributed by atoms with E-state index in [4.69, 9.17) is 0 Å². The fourth-order valence-corrected chi connectivity index (χ4v) is 3.49. The number of amides is 1. The number of hydrogen-bond donors (Lipinski definition) is 1. The van der Waals surface area contributed by atoms with Gasteiger partial charge in [0.05, 0.1) is 17.2 Å². The van der Waals surface area contributed by atoms with Gasteiger partial charge < -0.3 is 4.57 Å². The van der Waals surface area contributed by atoms with Gasteiger partial charge in [-0.15, -0.1) is 0 Å². The van der Waals surface area contributed by atoms with Crippen LogP contribution < -0.4 is 5.43 Å². The predicted molar refractivity (Wildman–Crippen MR) is 114 cm³/mol. The highest BCUT2D eigenvalue weighted by Gasteiger charge is 2.08. The summed E-state index contributed by atoms with van der Waals surface area (Å²) in [6.45, 7) is 4.57. The Morgan fingerprint density at radius 3 is 2.75 bits per heavy atom. The average Bonchev–Trinajstić information content (AvgIpc) is 3.03. The van der Waals surface area contributed by atoms with Crippen LogP contribution in [0.5, 0.6) is 0 Å². The maximum atomic E-state index is 12.3. The van der Waals surface area contributed by atoms with Gasteiger partial charge in [0.2, 0.25) is 5.91 Å². The summed E-state index contributed by atoms with van der Waals surface area (Å²) in [5.41, 5.74) is 6.79. The molecule has 0 unspecified atom stereocenters. The van der Waals surface area contributed by atoms with Gasteiger partial charge >= 0.3 is 0 Å². The molecule has 3 aromatic carbocycles. The number of nitrogens with one attached hydrogen (secondary N) is 1. The van der Waals surface area contributed by atoms with Gasteiger partial charge in [0.15, 0.2) is 0 Å². The second kappa shape index (κ2) is 7.64. The van der Waals surface area contributed by atoms with Crippen LogP contribution in [0.25, 0.3) is 21.8 Å². The van der Waals surface area contributed by atoms with Crippen molar-refractivity contribution < 1.29 is 4.79 Å². The maximum Gasteiger partial charge on any atom is 0.241 e. The van der Waals surface area contributed by atoms with Gasteiger partial charge in [-0.25, -0.2) is 10.4 Å². The van der Waals surface area contributed by atoms with Crippen LogP contribution in [0, 0.1) is 13.8 Å². The number of fused-ring (bicyclic) bond motifs is 2. The SMILES string of the molecule is Cc1ccc2ccccc2c1/C=N/NC(=O)CCn1c(C)nc2ccccc21. The van der Waals surface area contributed by atoms with E-state index in [1.165, 1.54) is 0 Å². The van der Waals surface area contributed by atoms with E-state index in [2.05, 4.69) is 44.3 Å². The van der Waals surface area contributed by atoms with Crippen molar-refractivity contribution in [3.8, 4) is 0 Å². The van der Waals surface area contributed by atoms with Crippen LogP contribution in [0.15, 0.2) is 65.8 Å². The summed E-state index contributed by atoms with van der Waals surface area (Å²) < 4.78 is 2.06. The number of aromatic nitrogens is 2. The molecule has 5 heteroatoms. The fraction of sp³-hybridized carbons (Fsp3) is 0.174. The lowest BCUT2D eigenvalue weighted by atomic mass is 10.0. The summed E-state index contributed by atoms with van der Waals surface area (Å²) >= 11 is 0. The van der Waals surface area contributed by atoms with E-state index in [-0.39, 0.29) is 5.91 Å². The molecular weight excluding hydrogens is 348 g/mol. The zero-order chi connectivity index (χ0) is 19.5. The van der Waals surface area contributed by atoms with Crippen molar-refractivity contribution in [3.05, 3.63) is 77.6 Å². The van der Waals surface area contributed by atoms with Crippen molar-refractivity contribution in [3.63, 3.8) is 0 Å². The molecule has 1 N–H and O–H groups in total. The molecule has 0 saturated heterocycles. The number of para-hydroxylation sites is 2. The topological polar surface area (TPSA) is 59.3 Å². The van der Waals surface area contributed by atoms with Gasteiger partial charge in [-0.05, 0) is 42.3 Å². The van der Waals surface area contributed by atoms with E-state index in [1.807, 2.05) is 50.2 Å². The molecule has 0 aliphatic carbocycles. The molecule has 4 aromatic rings. The summed E-state index contributed by atoms with van der Waals surface area (Å²) in [7, 11) is 0. The van der Waals surface area contributed by atoms with Crippen LogP contribution in [-0.2, 0) is 11.3 Å². The van der Waals surface area contributed by atoms with E-state index >= 15 is 0 Å². The van der Waals surface area contributed by atoms with Crippen molar-refractivity contribution in [1.82, 2.24) is 15.0 Å². The third-order valence-corrected chi connectivity index (χ3v) is 4.98. The summed E-state index contributed by atoms with van der Waals surface area (Å²) in [6.07, 6.45) is 2.07. The van der Waals surface area contributed by atoms with E-state index in [0.717, 1.165) is 38.8 Å². The number of imidazole rings is 1. The first kappa shape index (κ1) is 17.9. The third-order valence-electron chi connectivity index (χ3n) is 4.98. The number of benzene rings is 3. The number of carbonyl (C=O) groups is 1. The largest absolute Gasteiger partial charge is 0.328 e. The van der Waals surface area contributed by atoms with Crippen molar-refractivity contribution in [2.24, 2.45) is 5.10 Å².